The lowest BCUT2D eigenvalue weighted by molar-refractivity contribution is -0.0351. The van der Waals surface area contributed by atoms with Crippen LogP contribution < -0.4 is 0 Å². The summed E-state index contributed by atoms with van der Waals surface area (Å²) >= 11 is 0. The van der Waals surface area contributed by atoms with Gasteiger partial charge in [0.2, 0.25) is 0 Å². The van der Waals surface area contributed by atoms with Gasteiger partial charge in [0.25, 0.3) is 0 Å². The lowest BCUT2D eigenvalue weighted by atomic mass is 9.54. The van der Waals surface area contributed by atoms with Crippen molar-refractivity contribution >= 4 is 0 Å². The van der Waals surface area contributed by atoms with Gasteiger partial charge < -0.3 is 5.11 Å². The summed E-state index contributed by atoms with van der Waals surface area (Å²) in [5.41, 5.74) is 2.12. The van der Waals surface area contributed by atoms with Gasteiger partial charge in [-0.25, -0.2) is 4.39 Å². The zero-order valence-corrected chi connectivity index (χ0v) is 12.0. The molecule has 1 fully saturated rings. The molecule has 19 heavy (non-hydrogen) atoms. The van der Waals surface area contributed by atoms with Crippen LogP contribution in [0.4, 0.5) is 4.39 Å². The first-order valence-corrected chi connectivity index (χ1v) is 7.40. The Morgan fingerprint density at radius 1 is 1.32 bits per heavy atom. The van der Waals surface area contributed by atoms with Crippen LogP contribution in [0.15, 0.2) is 18.2 Å². The van der Waals surface area contributed by atoms with Crippen molar-refractivity contribution in [1.82, 2.24) is 0 Å². The highest BCUT2D eigenvalue weighted by Crippen LogP contribution is 2.63. The Kier molecular flexibility index (Phi) is 2.79. The summed E-state index contributed by atoms with van der Waals surface area (Å²) in [6.07, 6.45) is 3.93. The van der Waals surface area contributed by atoms with Gasteiger partial charge in [-0.3, -0.25) is 0 Å². The van der Waals surface area contributed by atoms with Gasteiger partial charge in [-0.05, 0) is 47.9 Å². The maximum Gasteiger partial charge on any atom is 0.123 e. The first-order chi connectivity index (χ1) is 8.92. The van der Waals surface area contributed by atoms with Crippen LogP contribution in [0.25, 0.3) is 0 Å². The number of benzene rings is 1. The number of hydrogen-bond acceptors (Lipinski definition) is 1. The summed E-state index contributed by atoms with van der Waals surface area (Å²) < 4.78 is 13.7. The third kappa shape index (κ3) is 1.62. The average Bonchev–Trinajstić information content (AvgIpc) is 2.60. The van der Waals surface area contributed by atoms with E-state index in [1.807, 2.05) is 0 Å². The van der Waals surface area contributed by atoms with E-state index in [2.05, 4.69) is 20.8 Å². The van der Waals surface area contributed by atoms with Gasteiger partial charge in [0, 0.05) is 11.3 Å². The molecular formula is C17H23FO. The lowest BCUT2D eigenvalue weighted by Gasteiger charge is -2.50. The van der Waals surface area contributed by atoms with Crippen molar-refractivity contribution in [3.63, 3.8) is 0 Å². The molecule has 2 aliphatic rings. The third-order valence-corrected chi connectivity index (χ3v) is 5.70. The van der Waals surface area contributed by atoms with Crippen molar-refractivity contribution in [2.45, 2.75) is 58.0 Å². The van der Waals surface area contributed by atoms with E-state index in [0.717, 1.165) is 30.4 Å². The Hall–Kier alpha value is -0.890. The van der Waals surface area contributed by atoms with Gasteiger partial charge in [0.15, 0.2) is 0 Å². The van der Waals surface area contributed by atoms with Crippen LogP contribution in [0.5, 0.6) is 0 Å². The average molecular weight is 262 g/mol. The van der Waals surface area contributed by atoms with E-state index in [1.54, 1.807) is 12.1 Å². The zero-order valence-electron chi connectivity index (χ0n) is 12.0. The normalized spacial score (nSPS) is 35.8. The Balaban J connectivity index is 2.22. The van der Waals surface area contributed by atoms with E-state index in [-0.39, 0.29) is 22.6 Å². The van der Waals surface area contributed by atoms with Crippen LogP contribution in [0.3, 0.4) is 0 Å². The number of rotatable bonds is 1. The van der Waals surface area contributed by atoms with Crippen molar-refractivity contribution in [3.8, 4) is 0 Å². The Morgan fingerprint density at radius 3 is 2.74 bits per heavy atom. The highest BCUT2D eigenvalue weighted by Gasteiger charge is 2.57. The predicted octanol–water partition coefficient (Wildman–Crippen LogP) is 4.35. The fourth-order valence-corrected chi connectivity index (χ4v) is 4.93. The first kappa shape index (κ1) is 13.1. The standard InChI is InChI=1S/C17H23FO/c1-4-17-9-5-8-16(2,3)15(17)14(19)12-7-6-11(18)10-13(12)17/h6-7,10,14-15,19H,4-5,8-9H2,1-3H3/t14?,15-,17-/m0/s1. The van der Waals surface area contributed by atoms with Gasteiger partial charge in [-0.1, -0.05) is 33.3 Å². The molecule has 1 unspecified atom stereocenters. The monoisotopic (exact) mass is 262 g/mol. The SMILES string of the molecule is CC[C@@]12CCCC(C)(C)[C@@H]1C(O)c1ccc(F)cc12. The van der Waals surface area contributed by atoms with Gasteiger partial charge >= 0.3 is 0 Å². The van der Waals surface area contributed by atoms with Crippen molar-refractivity contribution in [3.05, 3.63) is 35.1 Å². The highest BCUT2D eigenvalue weighted by molar-refractivity contribution is 5.44. The molecule has 2 aliphatic carbocycles. The number of halogens is 1. The second-order valence-electron chi connectivity index (χ2n) is 7.01. The third-order valence-electron chi connectivity index (χ3n) is 5.70. The predicted molar refractivity (Wildman–Crippen MR) is 74.5 cm³/mol. The first-order valence-electron chi connectivity index (χ1n) is 7.40. The molecule has 3 atom stereocenters. The van der Waals surface area contributed by atoms with Gasteiger partial charge in [-0.2, -0.15) is 0 Å². The van der Waals surface area contributed by atoms with Crippen molar-refractivity contribution in [2.24, 2.45) is 11.3 Å². The van der Waals surface area contributed by atoms with E-state index in [0.29, 0.717) is 0 Å². The number of hydrogen-bond donors (Lipinski definition) is 1. The molecular weight excluding hydrogens is 239 g/mol. The molecule has 0 saturated heterocycles. The molecule has 1 N–H and O–H groups in total. The van der Waals surface area contributed by atoms with Crippen LogP contribution in [-0.2, 0) is 5.41 Å². The van der Waals surface area contributed by atoms with E-state index >= 15 is 0 Å². The fraction of sp³-hybridized carbons (Fsp3) is 0.647. The molecule has 1 saturated carbocycles. The highest BCUT2D eigenvalue weighted by atomic mass is 19.1. The van der Waals surface area contributed by atoms with Crippen molar-refractivity contribution in [1.29, 1.82) is 0 Å². The quantitative estimate of drug-likeness (QED) is 0.798. The molecule has 0 radical (unpaired) electrons. The summed E-state index contributed by atoms with van der Waals surface area (Å²) in [5, 5.41) is 10.8. The summed E-state index contributed by atoms with van der Waals surface area (Å²) in [5.74, 6) is 0.0401. The molecule has 1 aromatic rings. The number of aliphatic hydroxyl groups excluding tert-OH is 1. The Labute approximate surface area is 114 Å². The van der Waals surface area contributed by atoms with E-state index in [9.17, 15) is 9.50 Å². The number of aliphatic hydroxyl groups is 1. The molecule has 0 heterocycles. The second-order valence-corrected chi connectivity index (χ2v) is 7.01. The van der Waals surface area contributed by atoms with Crippen molar-refractivity contribution in [2.75, 3.05) is 0 Å². The summed E-state index contributed by atoms with van der Waals surface area (Å²) in [4.78, 5) is 0. The summed E-state index contributed by atoms with van der Waals surface area (Å²) in [7, 11) is 0. The molecule has 1 aromatic carbocycles. The Morgan fingerprint density at radius 2 is 2.05 bits per heavy atom. The summed E-state index contributed by atoms with van der Waals surface area (Å²) in [6.45, 7) is 6.69. The molecule has 3 rings (SSSR count). The van der Waals surface area contributed by atoms with E-state index in [4.69, 9.17) is 0 Å². The van der Waals surface area contributed by atoms with Gasteiger partial charge in [0.05, 0.1) is 6.10 Å². The van der Waals surface area contributed by atoms with Gasteiger partial charge in [-0.15, -0.1) is 0 Å². The molecule has 104 valence electrons. The van der Waals surface area contributed by atoms with E-state index < -0.39 is 6.10 Å². The number of fused-ring (bicyclic) bond motifs is 3. The minimum Gasteiger partial charge on any atom is -0.388 e. The second kappa shape index (κ2) is 4.05. The molecule has 1 nitrogen and oxygen atoms in total. The summed E-state index contributed by atoms with van der Waals surface area (Å²) in [6, 6.07) is 4.94. The van der Waals surface area contributed by atoms with Crippen LogP contribution in [0.2, 0.25) is 0 Å². The van der Waals surface area contributed by atoms with Crippen LogP contribution in [0, 0.1) is 17.2 Å². The maximum absolute atomic E-state index is 13.7. The molecule has 0 amide bonds. The minimum absolute atomic E-state index is 0.0292. The molecule has 0 aliphatic heterocycles. The molecule has 0 aromatic heterocycles. The molecule has 2 heteroatoms. The lowest BCUT2D eigenvalue weighted by Crippen LogP contribution is -2.45. The smallest absolute Gasteiger partial charge is 0.123 e. The molecule has 0 spiro atoms. The van der Waals surface area contributed by atoms with Crippen LogP contribution in [-0.4, -0.2) is 5.11 Å². The van der Waals surface area contributed by atoms with Crippen LogP contribution in [0.1, 0.15) is 63.7 Å². The molecule has 0 bridgehead atoms. The van der Waals surface area contributed by atoms with Gasteiger partial charge in [0.1, 0.15) is 5.82 Å². The largest absolute Gasteiger partial charge is 0.388 e. The zero-order chi connectivity index (χ0) is 13.8. The topological polar surface area (TPSA) is 20.2 Å². The fourth-order valence-electron chi connectivity index (χ4n) is 4.93. The van der Waals surface area contributed by atoms with Crippen LogP contribution >= 0.6 is 0 Å². The Bertz CT molecular complexity index is 508. The minimum atomic E-state index is -0.439. The maximum atomic E-state index is 13.7. The van der Waals surface area contributed by atoms with Crippen molar-refractivity contribution < 1.29 is 9.50 Å². The van der Waals surface area contributed by atoms with E-state index in [1.165, 1.54) is 12.5 Å².